The molecule has 1 aliphatic heterocycles. The maximum Gasteiger partial charge on any atom is 0.387 e. The lowest BCUT2D eigenvalue weighted by Gasteiger charge is -2.35. The molecule has 0 radical (unpaired) electrons. The van der Waals surface area contributed by atoms with Gasteiger partial charge in [-0.25, -0.2) is 0 Å². The lowest BCUT2D eigenvalue weighted by molar-refractivity contribution is -0.0505. The summed E-state index contributed by atoms with van der Waals surface area (Å²) in [6.45, 7) is 5.89. The first-order valence-corrected chi connectivity index (χ1v) is 10.3. The van der Waals surface area contributed by atoms with Crippen LogP contribution in [0.15, 0.2) is 23.2 Å². The Morgan fingerprint density at radius 2 is 1.94 bits per heavy atom. The number of benzene rings is 1. The van der Waals surface area contributed by atoms with E-state index in [-0.39, 0.29) is 36.3 Å². The summed E-state index contributed by atoms with van der Waals surface area (Å²) in [5, 5.41) is 6.54. The van der Waals surface area contributed by atoms with Crippen LogP contribution in [0.1, 0.15) is 25.8 Å². The van der Waals surface area contributed by atoms with Crippen LogP contribution < -0.4 is 20.1 Å². The van der Waals surface area contributed by atoms with Gasteiger partial charge in [0.25, 0.3) is 0 Å². The maximum absolute atomic E-state index is 12.7. The molecule has 1 unspecified atom stereocenters. The second kappa shape index (κ2) is 14.6. The smallest absolute Gasteiger partial charge is 0.387 e. The second-order valence-electron chi connectivity index (χ2n) is 7.59. The minimum Gasteiger partial charge on any atom is -0.497 e. The lowest BCUT2D eigenvalue weighted by Crippen LogP contribution is -2.51. The summed E-state index contributed by atoms with van der Waals surface area (Å²) in [4.78, 5) is 6.71. The number of aliphatic imine (C=N–C) groups is 1. The number of halogens is 3. The summed E-state index contributed by atoms with van der Waals surface area (Å²) in [6, 6.07) is 5.11. The quantitative estimate of drug-likeness (QED) is 0.262. The molecule has 0 spiro atoms. The van der Waals surface area contributed by atoms with Gasteiger partial charge in [0.1, 0.15) is 11.5 Å². The minimum atomic E-state index is -2.89. The van der Waals surface area contributed by atoms with Gasteiger partial charge in [0.2, 0.25) is 0 Å². The van der Waals surface area contributed by atoms with Crippen molar-refractivity contribution in [1.82, 2.24) is 15.5 Å². The van der Waals surface area contributed by atoms with Crippen molar-refractivity contribution in [2.45, 2.75) is 39.5 Å². The third kappa shape index (κ3) is 9.73. The molecule has 1 aromatic carbocycles. The van der Waals surface area contributed by atoms with Crippen LogP contribution in [-0.4, -0.2) is 70.5 Å². The number of rotatable bonds is 10. The van der Waals surface area contributed by atoms with E-state index in [9.17, 15) is 8.78 Å². The summed E-state index contributed by atoms with van der Waals surface area (Å²) in [5.74, 6) is 1.85. The number of morpholine rings is 1. The Hall–Kier alpha value is -1.40. The van der Waals surface area contributed by atoms with Gasteiger partial charge in [-0.05, 0) is 30.5 Å². The lowest BCUT2D eigenvalue weighted by atomic mass is 10.0. The van der Waals surface area contributed by atoms with Gasteiger partial charge in [0.05, 0.1) is 20.3 Å². The number of methoxy groups -OCH3 is 1. The summed E-state index contributed by atoms with van der Waals surface area (Å²) in [6.07, 6.45) is 1.06. The van der Waals surface area contributed by atoms with Crippen molar-refractivity contribution in [2.75, 3.05) is 47.0 Å². The molecule has 31 heavy (non-hydrogen) atoms. The van der Waals surface area contributed by atoms with Crippen LogP contribution in [-0.2, 0) is 11.3 Å². The largest absolute Gasteiger partial charge is 0.497 e. The zero-order valence-corrected chi connectivity index (χ0v) is 21.0. The molecule has 1 fully saturated rings. The summed E-state index contributed by atoms with van der Waals surface area (Å²) in [7, 11) is 3.21. The highest BCUT2D eigenvalue weighted by molar-refractivity contribution is 14.0. The van der Waals surface area contributed by atoms with E-state index in [0.717, 1.165) is 39.3 Å². The van der Waals surface area contributed by atoms with Crippen molar-refractivity contribution in [3.63, 3.8) is 0 Å². The van der Waals surface area contributed by atoms with Crippen molar-refractivity contribution in [1.29, 1.82) is 0 Å². The Bertz CT molecular complexity index is 674. The average molecular weight is 556 g/mol. The molecular formula is C21H35F2IN4O3. The zero-order chi connectivity index (χ0) is 21.9. The highest BCUT2D eigenvalue weighted by Gasteiger charge is 2.22. The van der Waals surface area contributed by atoms with Crippen LogP contribution in [0.25, 0.3) is 0 Å². The molecule has 1 atom stereocenters. The van der Waals surface area contributed by atoms with Gasteiger partial charge in [-0.2, -0.15) is 8.78 Å². The normalized spacial score (nSPS) is 16.1. The fraction of sp³-hybridized carbons (Fsp3) is 0.667. The maximum atomic E-state index is 12.7. The Morgan fingerprint density at radius 3 is 2.52 bits per heavy atom. The molecule has 0 saturated carbocycles. The van der Waals surface area contributed by atoms with Crippen LogP contribution in [0.2, 0.25) is 0 Å². The highest BCUT2D eigenvalue weighted by atomic mass is 127. The summed E-state index contributed by atoms with van der Waals surface area (Å²) >= 11 is 0. The molecule has 1 aromatic rings. The number of hydrogen-bond donors (Lipinski definition) is 2. The molecule has 0 amide bonds. The second-order valence-corrected chi connectivity index (χ2v) is 7.59. The first-order chi connectivity index (χ1) is 14.4. The minimum absolute atomic E-state index is 0. The van der Waals surface area contributed by atoms with Gasteiger partial charge < -0.3 is 24.8 Å². The molecule has 2 rings (SSSR count). The molecule has 7 nitrogen and oxygen atoms in total. The zero-order valence-electron chi connectivity index (χ0n) is 18.7. The van der Waals surface area contributed by atoms with Crippen molar-refractivity contribution in [2.24, 2.45) is 10.9 Å². The van der Waals surface area contributed by atoms with E-state index in [4.69, 9.17) is 9.47 Å². The molecule has 178 valence electrons. The average Bonchev–Trinajstić information content (AvgIpc) is 2.73. The molecule has 0 aromatic heterocycles. The number of alkyl halides is 2. The van der Waals surface area contributed by atoms with Gasteiger partial charge in [0, 0.05) is 44.8 Å². The van der Waals surface area contributed by atoms with Gasteiger partial charge in [0.15, 0.2) is 5.96 Å². The van der Waals surface area contributed by atoms with Gasteiger partial charge >= 0.3 is 6.61 Å². The van der Waals surface area contributed by atoms with Crippen molar-refractivity contribution in [3.8, 4) is 11.5 Å². The van der Waals surface area contributed by atoms with Crippen LogP contribution in [0.4, 0.5) is 8.78 Å². The number of ether oxygens (including phenoxy) is 3. The van der Waals surface area contributed by atoms with Crippen LogP contribution >= 0.6 is 24.0 Å². The fourth-order valence-electron chi connectivity index (χ4n) is 3.49. The van der Waals surface area contributed by atoms with E-state index in [1.54, 1.807) is 19.2 Å². The molecule has 1 aliphatic rings. The summed E-state index contributed by atoms with van der Waals surface area (Å²) < 4.78 is 40.7. The van der Waals surface area contributed by atoms with Crippen molar-refractivity contribution in [3.05, 3.63) is 23.8 Å². The van der Waals surface area contributed by atoms with E-state index < -0.39 is 6.61 Å². The van der Waals surface area contributed by atoms with E-state index in [2.05, 4.69) is 39.1 Å². The van der Waals surface area contributed by atoms with Crippen LogP contribution in [0.3, 0.4) is 0 Å². The number of nitrogens with one attached hydrogen (secondary N) is 2. The summed E-state index contributed by atoms with van der Waals surface area (Å²) in [5.41, 5.74) is 0.560. The van der Waals surface area contributed by atoms with E-state index in [1.165, 1.54) is 13.2 Å². The third-order valence-electron chi connectivity index (χ3n) is 4.96. The molecular weight excluding hydrogens is 521 g/mol. The molecule has 2 N–H and O–H groups in total. The fourth-order valence-corrected chi connectivity index (χ4v) is 3.49. The molecule has 0 aliphatic carbocycles. The first-order valence-electron chi connectivity index (χ1n) is 10.3. The van der Waals surface area contributed by atoms with Crippen molar-refractivity contribution < 1.29 is 23.0 Å². The number of guanidine groups is 1. The predicted molar refractivity (Wildman–Crippen MR) is 129 cm³/mol. The predicted octanol–water partition coefficient (Wildman–Crippen LogP) is 3.33. The molecule has 1 heterocycles. The third-order valence-corrected chi connectivity index (χ3v) is 4.96. The van der Waals surface area contributed by atoms with Gasteiger partial charge in [-0.15, -0.1) is 24.0 Å². The van der Waals surface area contributed by atoms with Crippen molar-refractivity contribution >= 4 is 29.9 Å². The standard InChI is InChI=1S/C21H34F2N4O3.HI/c1-15(2)11-17(27-7-9-29-10-8-27)14-26-21(24-3)25-13-16-12-18(28-4)5-6-19(16)30-20(22)23;/h5-6,12,15,17,20H,7-11,13-14H2,1-4H3,(H2,24,25,26);1H. The Labute approximate surface area is 200 Å². The van der Waals surface area contributed by atoms with E-state index >= 15 is 0 Å². The molecule has 0 bridgehead atoms. The topological polar surface area (TPSA) is 67.4 Å². The Kier molecular flexibility index (Phi) is 13.0. The highest BCUT2D eigenvalue weighted by Crippen LogP contribution is 2.25. The molecule has 1 saturated heterocycles. The van der Waals surface area contributed by atoms with Crippen LogP contribution in [0, 0.1) is 5.92 Å². The van der Waals surface area contributed by atoms with E-state index in [0.29, 0.717) is 29.2 Å². The number of hydrogen-bond acceptors (Lipinski definition) is 5. The van der Waals surface area contributed by atoms with Gasteiger partial charge in [-0.1, -0.05) is 13.8 Å². The monoisotopic (exact) mass is 556 g/mol. The van der Waals surface area contributed by atoms with E-state index in [1.807, 2.05) is 0 Å². The Balaban J connectivity index is 0.00000480. The Morgan fingerprint density at radius 1 is 1.23 bits per heavy atom. The van der Waals surface area contributed by atoms with Gasteiger partial charge in [-0.3, -0.25) is 9.89 Å². The number of nitrogens with zero attached hydrogens (tertiary/aromatic N) is 2. The molecule has 10 heteroatoms. The SMILES string of the molecule is CN=C(NCc1cc(OC)ccc1OC(F)F)NCC(CC(C)C)N1CCOCC1.I. The van der Waals surface area contributed by atoms with Crippen LogP contribution in [0.5, 0.6) is 11.5 Å². The first kappa shape index (κ1) is 27.6.